The quantitative estimate of drug-likeness (QED) is 0.856. The summed E-state index contributed by atoms with van der Waals surface area (Å²) in [6.07, 6.45) is -0.126. The number of rotatable bonds is 4. The standard InChI is InChI=1S/C12H17F2NO/c1-7-5-6-10(13)12(11(7)14)15-8(2)9(3)16-4/h5-6,8-9,15H,1-4H3. The van der Waals surface area contributed by atoms with Crippen molar-refractivity contribution in [2.45, 2.75) is 32.9 Å². The maximum absolute atomic E-state index is 13.6. The number of methoxy groups -OCH3 is 1. The summed E-state index contributed by atoms with van der Waals surface area (Å²) >= 11 is 0. The van der Waals surface area contributed by atoms with Gasteiger partial charge in [0, 0.05) is 13.2 Å². The molecule has 0 aliphatic heterocycles. The number of halogens is 2. The topological polar surface area (TPSA) is 21.3 Å². The van der Waals surface area contributed by atoms with Crippen molar-refractivity contribution in [1.82, 2.24) is 0 Å². The Labute approximate surface area is 94.6 Å². The zero-order valence-electron chi connectivity index (χ0n) is 9.97. The van der Waals surface area contributed by atoms with Crippen LogP contribution in [0.25, 0.3) is 0 Å². The number of hydrogen-bond donors (Lipinski definition) is 1. The molecule has 0 heterocycles. The molecule has 90 valence electrons. The first-order valence-electron chi connectivity index (χ1n) is 5.21. The van der Waals surface area contributed by atoms with Gasteiger partial charge >= 0.3 is 0 Å². The molecule has 0 bridgehead atoms. The lowest BCUT2D eigenvalue weighted by molar-refractivity contribution is 0.106. The lowest BCUT2D eigenvalue weighted by atomic mass is 10.1. The Bertz CT molecular complexity index is 368. The van der Waals surface area contributed by atoms with E-state index in [1.807, 2.05) is 13.8 Å². The highest BCUT2D eigenvalue weighted by molar-refractivity contribution is 5.49. The van der Waals surface area contributed by atoms with E-state index in [9.17, 15) is 8.78 Å². The third-order valence-electron chi connectivity index (χ3n) is 2.73. The van der Waals surface area contributed by atoms with E-state index in [-0.39, 0.29) is 17.8 Å². The van der Waals surface area contributed by atoms with E-state index >= 15 is 0 Å². The van der Waals surface area contributed by atoms with Crippen LogP contribution in [0.1, 0.15) is 19.4 Å². The van der Waals surface area contributed by atoms with Gasteiger partial charge in [0.1, 0.15) is 11.5 Å². The zero-order valence-corrected chi connectivity index (χ0v) is 9.97. The molecule has 2 nitrogen and oxygen atoms in total. The largest absolute Gasteiger partial charge is 0.380 e. The number of benzene rings is 1. The van der Waals surface area contributed by atoms with Crippen LogP contribution in [0.5, 0.6) is 0 Å². The van der Waals surface area contributed by atoms with Gasteiger partial charge in [-0.05, 0) is 32.4 Å². The van der Waals surface area contributed by atoms with Gasteiger partial charge < -0.3 is 10.1 Å². The average molecular weight is 229 g/mol. The van der Waals surface area contributed by atoms with E-state index in [0.29, 0.717) is 5.56 Å². The fourth-order valence-electron chi connectivity index (χ4n) is 1.34. The second kappa shape index (κ2) is 5.25. The van der Waals surface area contributed by atoms with Gasteiger partial charge in [0.25, 0.3) is 0 Å². The van der Waals surface area contributed by atoms with Crippen molar-refractivity contribution in [3.8, 4) is 0 Å². The Balaban J connectivity index is 2.92. The van der Waals surface area contributed by atoms with Crippen molar-refractivity contribution in [3.05, 3.63) is 29.3 Å². The van der Waals surface area contributed by atoms with E-state index < -0.39 is 11.6 Å². The van der Waals surface area contributed by atoms with Crippen LogP contribution < -0.4 is 5.32 Å². The number of anilines is 1. The molecule has 1 rings (SSSR count). The molecule has 16 heavy (non-hydrogen) atoms. The molecule has 0 saturated carbocycles. The van der Waals surface area contributed by atoms with Crippen LogP contribution in [-0.4, -0.2) is 19.3 Å². The molecule has 0 fully saturated rings. The minimum atomic E-state index is -0.585. The summed E-state index contributed by atoms with van der Waals surface area (Å²) in [6.45, 7) is 5.25. The van der Waals surface area contributed by atoms with Crippen LogP contribution in [0.4, 0.5) is 14.5 Å². The Morgan fingerprint density at radius 1 is 1.25 bits per heavy atom. The molecule has 4 heteroatoms. The first-order valence-corrected chi connectivity index (χ1v) is 5.21. The SMILES string of the molecule is COC(C)C(C)Nc1c(F)ccc(C)c1F. The van der Waals surface area contributed by atoms with Crippen LogP contribution in [0.3, 0.4) is 0 Å². The molecule has 0 radical (unpaired) electrons. The first kappa shape index (κ1) is 12.9. The highest BCUT2D eigenvalue weighted by Crippen LogP contribution is 2.23. The van der Waals surface area contributed by atoms with Crippen LogP contribution in [-0.2, 0) is 4.74 Å². The van der Waals surface area contributed by atoms with E-state index in [1.54, 1.807) is 14.0 Å². The summed E-state index contributed by atoms with van der Waals surface area (Å²) in [5.41, 5.74) is 0.331. The molecular weight excluding hydrogens is 212 g/mol. The van der Waals surface area contributed by atoms with Crippen molar-refractivity contribution in [2.75, 3.05) is 12.4 Å². The van der Waals surface area contributed by atoms with Gasteiger partial charge in [-0.15, -0.1) is 0 Å². The second-order valence-corrected chi connectivity index (χ2v) is 3.93. The molecule has 0 amide bonds. The number of hydrogen-bond acceptors (Lipinski definition) is 2. The van der Waals surface area contributed by atoms with Crippen molar-refractivity contribution < 1.29 is 13.5 Å². The highest BCUT2D eigenvalue weighted by Gasteiger charge is 2.17. The van der Waals surface area contributed by atoms with Crippen molar-refractivity contribution >= 4 is 5.69 Å². The van der Waals surface area contributed by atoms with Gasteiger partial charge in [0.15, 0.2) is 5.82 Å². The fraction of sp³-hybridized carbons (Fsp3) is 0.500. The summed E-state index contributed by atoms with van der Waals surface area (Å²) in [5, 5.41) is 2.79. The smallest absolute Gasteiger partial charge is 0.152 e. The summed E-state index contributed by atoms with van der Waals surface area (Å²) < 4.78 is 32.1. The summed E-state index contributed by atoms with van der Waals surface area (Å²) in [6, 6.07) is 2.50. The Kier molecular flexibility index (Phi) is 4.24. The maximum Gasteiger partial charge on any atom is 0.152 e. The van der Waals surface area contributed by atoms with E-state index in [4.69, 9.17) is 4.74 Å². The first-order chi connectivity index (χ1) is 7.47. The Morgan fingerprint density at radius 2 is 1.88 bits per heavy atom. The van der Waals surface area contributed by atoms with Crippen molar-refractivity contribution in [3.63, 3.8) is 0 Å². The number of nitrogens with one attached hydrogen (secondary N) is 1. The van der Waals surface area contributed by atoms with Crippen LogP contribution >= 0.6 is 0 Å². The molecule has 2 atom stereocenters. The molecular formula is C12H17F2NO. The summed E-state index contributed by atoms with van der Waals surface area (Å²) in [5.74, 6) is -1.13. The van der Waals surface area contributed by atoms with Gasteiger partial charge in [-0.3, -0.25) is 0 Å². The van der Waals surface area contributed by atoms with Crippen LogP contribution in [0.15, 0.2) is 12.1 Å². The minimum Gasteiger partial charge on any atom is -0.380 e. The Hall–Kier alpha value is -1.16. The van der Waals surface area contributed by atoms with Crippen LogP contribution in [0, 0.1) is 18.6 Å². The minimum absolute atomic E-state index is 0.0867. The maximum atomic E-state index is 13.6. The summed E-state index contributed by atoms with van der Waals surface area (Å²) in [4.78, 5) is 0. The van der Waals surface area contributed by atoms with Crippen molar-refractivity contribution in [2.24, 2.45) is 0 Å². The number of ether oxygens (including phenoxy) is 1. The van der Waals surface area contributed by atoms with Gasteiger partial charge in [0.2, 0.25) is 0 Å². The molecule has 0 spiro atoms. The molecule has 2 unspecified atom stereocenters. The molecule has 0 aromatic heterocycles. The van der Waals surface area contributed by atoms with Gasteiger partial charge in [-0.1, -0.05) is 6.07 Å². The highest BCUT2D eigenvalue weighted by atomic mass is 19.1. The predicted octanol–water partition coefficient (Wildman–Crippen LogP) is 3.11. The normalized spacial score (nSPS) is 14.6. The van der Waals surface area contributed by atoms with E-state index in [2.05, 4.69) is 5.32 Å². The zero-order chi connectivity index (χ0) is 12.3. The monoisotopic (exact) mass is 229 g/mol. The molecule has 1 N–H and O–H groups in total. The summed E-state index contributed by atoms with van der Waals surface area (Å²) in [7, 11) is 1.56. The van der Waals surface area contributed by atoms with Gasteiger partial charge in [0.05, 0.1) is 6.10 Å². The molecule has 0 aliphatic rings. The lowest BCUT2D eigenvalue weighted by Crippen LogP contribution is -2.30. The lowest BCUT2D eigenvalue weighted by Gasteiger charge is -2.22. The van der Waals surface area contributed by atoms with Gasteiger partial charge in [-0.2, -0.15) is 0 Å². The Morgan fingerprint density at radius 3 is 2.44 bits per heavy atom. The van der Waals surface area contributed by atoms with Crippen molar-refractivity contribution in [1.29, 1.82) is 0 Å². The van der Waals surface area contributed by atoms with Gasteiger partial charge in [-0.25, -0.2) is 8.78 Å². The molecule has 0 saturated heterocycles. The second-order valence-electron chi connectivity index (χ2n) is 3.93. The average Bonchev–Trinajstić information content (AvgIpc) is 2.28. The van der Waals surface area contributed by atoms with E-state index in [1.165, 1.54) is 12.1 Å². The third kappa shape index (κ3) is 2.70. The predicted molar refractivity (Wildman–Crippen MR) is 60.7 cm³/mol. The third-order valence-corrected chi connectivity index (χ3v) is 2.73. The van der Waals surface area contributed by atoms with E-state index in [0.717, 1.165) is 0 Å². The van der Waals surface area contributed by atoms with Crippen LogP contribution in [0.2, 0.25) is 0 Å². The molecule has 1 aromatic rings. The number of aryl methyl sites for hydroxylation is 1. The fourth-order valence-corrected chi connectivity index (χ4v) is 1.34. The molecule has 1 aromatic carbocycles. The molecule has 0 aliphatic carbocycles.